The number of hydrogen-bond donors (Lipinski definition) is 2. The summed E-state index contributed by atoms with van der Waals surface area (Å²) in [5, 5.41) is 6.67. The van der Waals surface area contributed by atoms with Crippen LogP contribution in [0.1, 0.15) is 27.4 Å². The SMILES string of the molecule is O=C(Oc1cccc(C=NNC(=O)C2C(=O)NCC2c2ccccc2)c1)c1cccc(F)c1. The van der Waals surface area contributed by atoms with E-state index in [0.29, 0.717) is 12.1 Å². The van der Waals surface area contributed by atoms with E-state index in [-0.39, 0.29) is 23.1 Å². The van der Waals surface area contributed by atoms with Crippen LogP contribution in [-0.4, -0.2) is 30.5 Å². The van der Waals surface area contributed by atoms with Gasteiger partial charge in [0.05, 0.1) is 11.8 Å². The molecule has 166 valence electrons. The first-order chi connectivity index (χ1) is 16.0. The number of hydrogen-bond acceptors (Lipinski definition) is 5. The van der Waals surface area contributed by atoms with Gasteiger partial charge < -0.3 is 10.1 Å². The van der Waals surface area contributed by atoms with E-state index in [1.807, 2.05) is 30.3 Å². The second-order valence-electron chi connectivity index (χ2n) is 7.45. The number of carbonyl (C=O) groups excluding carboxylic acids is 3. The van der Waals surface area contributed by atoms with E-state index in [1.54, 1.807) is 24.3 Å². The van der Waals surface area contributed by atoms with Crippen LogP contribution < -0.4 is 15.5 Å². The zero-order valence-corrected chi connectivity index (χ0v) is 17.4. The average molecular weight is 445 g/mol. The zero-order valence-electron chi connectivity index (χ0n) is 17.4. The summed E-state index contributed by atoms with van der Waals surface area (Å²) in [6, 6.07) is 21.0. The van der Waals surface area contributed by atoms with Crippen molar-refractivity contribution < 1.29 is 23.5 Å². The molecule has 1 aliphatic heterocycles. The lowest BCUT2D eigenvalue weighted by atomic mass is 9.88. The maximum Gasteiger partial charge on any atom is 0.343 e. The first kappa shape index (κ1) is 21.9. The Hall–Kier alpha value is -4.33. The van der Waals surface area contributed by atoms with Crippen molar-refractivity contribution in [3.05, 3.63) is 101 Å². The van der Waals surface area contributed by atoms with Gasteiger partial charge in [-0.15, -0.1) is 0 Å². The molecule has 1 saturated heterocycles. The summed E-state index contributed by atoms with van der Waals surface area (Å²) >= 11 is 0. The molecule has 0 saturated carbocycles. The Morgan fingerprint density at radius 2 is 1.82 bits per heavy atom. The quantitative estimate of drug-likeness (QED) is 0.200. The van der Waals surface area contributed by atoms with E-state index in [9.17, 15) is 18.8 Å². The molecule has 1 fully saturated rings. The molecule has 1 heterocycles. The molecule has 33 heavy (non-hydrogen) atoms. The highest BCUT2D eigenvalue weighted by molar-refractivity contribution is 6.03. The largest absolute Gasteiger partial charge is 0.423 e. The van der Waals surface area contributed by atoms with Gasteiger partial charge in [0.15, 0.2) is 0 Å². The number of benzene rings is 3. The summed E-state index contributed by atoms with van der Waals surface area (Å²) in [4.78, 5) is 37.1. The molecule has 4 rings (SSSR count). The topological polar surface area (TPSA) is 96.9 Å². The number of halogens is 1. The van der Waals surface area contributed by atoms with Crippen LogP contribution in [0.25, 0.3) is 0 Å². The molecule has 0 spiro atoms. The molecule has 3 aromatic rings. The van der Waals surface area contributed by atoms with Crippen molar-refractivity contribution in [3.63, 3.8) is 0 Å². The van der Waals surface area contributed by atoms with E-state index in [0.717, 1.165) is 11.6 Å². The van der Waals surface area contributed by atoms with Gasteiger partial charge in [0, 0.05) is 12.5 Å². The van der Waals surface area contributed by atoms with E-state index in [1.165, 1.54) is 24.4 Å². The van der Waals surface area contributed by atoms with Gasteiger partial charge >= 0.3 is 5.97 Å². The number of esters is 1. The van der Waals surface area contributed by atoms with Crippen LogP contribution in [-0.2, 0) is 9.59 Å². The lowest BCUT2D eigenvalue weighted by molar-refractivity contribution is -0.133. The van der Waals surface area contributed by atoms with Gasteiger partial charge in [-0.1, -0.05) is 48.5 Å². The van der Waals surface area contributed by atoms with E-state index < -0.39 is 23.6 Å². The number of nitrogens with one attached hydrogen (secondary N) is 2. The van der Waals surface area contributed by atoms with Gasteiger partial charge in [-0.2, -0.15) is 5.10 Å². The van der Waals surface area contributed by atoms with Gasteiger partial charge in [-0.25, -0.2) is 14.6 Å². The number of hydrazone groups is 1. The Morgan fingerprint density at radius 3 is 2.61 bits per heavy atom. The molecule has 2 unspecified atom stereocenters. The van der Waals surface area contributed by atoms with Crippen molar-refractivity contribution in [1.29, 1.82) is 0 Å². The minimum absolute atomic E-state index is 0.0872. The van der Waals surface area contributed by atoms with Crippen LogP contribution in [0.4, 0.5) is 4.39 Å². The molecule has 2 amide bonds. The van der Waals surface area contributed by atoms with E-state index in [2.05, 4.69) is 15.8 Å². The fraction of sp³-hybridized carbons (Fsp3) is 0.120. The molecule has 7 nitrogen and oxygen atoms in total. The maximum atomic E-state index is 13.3. The molecule has 2 N–H and O–H groups in total. The molecule has 0 aromatic heterocycles. The number of rotatable bonds is 6. The lowest BCUT2D eigenvalue weighted by Gasteiger charge is -2.15. The number of amides is 2. The minimum Gasteiger partial charge on any atom is -0.423 e. The molecule has 1 aliphatic rings. The summed E-state index contributed by atoms with van der Waals surface area (Å²) in [7, 11) is 0. The molecule has 8 heteroatoms. The summed E-state index contributed by atoms with van der Waals surface area (Å²) in [5.74, 6) is -3.02. The third-order valence-corrected chi connectivity index (χ3v) is 5.21. The smallest absolute Gasteiger partial charge is 0.343 e. The molecular weight excluding hydrogens is 425 g/mol. The molecule has 0 aliphatic carbocycles. The average Bonchev–Trinajstić information content (AvgIpc) is 3.21. The van der Waals surface area contributed by atoms with Crippen molar-refractivity contribution in [2.45, 2.75) is 5.92 Å². The second kappa shape index (κ2) is 9.86. The van der Waals surface area contributed by atoms with Gasteiger partial charge in [0.1, 0.15) is 17.5 Å². The fourth-order valence-corrected chi connectivity index (χ4v) is 3.61. The Balaban J connectivity index is 1.39. The Kier molecular flexibility index (Phi) is 6.54. The van der Waals surface area contributed by atoms with E-state index >= 15 is 0 Å². The fourth-order valence-electron chi connectivity index (χ4n) is 3.61. The summed E-state index contributed by atoms with van der Waals surface area (Å²) < 4.78 is 18.6. The van der Waals surface area contributed by atoms with Crippen molar-refractivity contribution in [1.82, 2.24) is 10.7 Å². The zero-order chi connectivity index (χ0) is 23.2. The normalized spacial score (nSPS) is 17.5. The highest BCUT2D eigenvalue weighted by Crippen LogP contribution is 2.29. The molecule has 3 aromatic carbocycles. The van der Waals surface area contributed by atoms with Gasteiger partial charge in [-0.3, -0.25) is 9.59 Å². The first-order valence-corrected chi connectivity index (χ1v) is 10.2. The van der Waals surface area contributed by atoms with Crippen LogP contribution in [0.2, 0.25) is 0 Å². The third kappa shape index (κ3) is 5.30. The predicted octanol–water partition coefficient (Wildman–Crippen LogP) is 3.02. The molecule has 2 atom stereocenters. The van der Waals surface area contributed by atoms with Crippen LogP contribution in [0.15, 0.2) is 84.0 Å². The monoisotopic (exact) mass is 445 g/mol. The standard InChI is InChI=1S/C25H20FN3O4/c26-19-10-5-9-18(13-19)25(32)33-20-11-4-6-16(12-20)14-28-29-24(31)22-21(15-27-23(22)30)17-7-2-1-3-8-17/h1-14,21-22H,15H2,(H,27,30)(H,29,31). The molecular formula is C25H20FN3O4. The number of nitrogens with zero attached hydrogens (tertiary/aromatic N) is 1. The van der Waals surface area contributed by atoms with Crippen molar-refractivity contribution in [3.8, 4) is 5.75 Å². The number of ether oxygens (including phenoxy) is 1. The van der Waals surface area contributed by atoms with Crippen LogP contribution >= 0.6 is 0 Å². The van der Waals surface area contributed by atoms with E-state index in [4.69, 9.17) is 4.74 Å². The van der Waals surface area contributed by atoms with Crippen LogP contribution in [0.3, 0.4) is 0 Å². The van der Waals surface area contributed by atoms with Crippen molar-refractivity contribution in [2.75, 3.05) is 6.54 Å². The van der Waals surface area contributed by atoms with Gasteiger partial charge in [0.2, 0.25) is 5.91 Å². The Bertz CT molecular complexity index is 1210. The summed E-state index contributed by atoms with van der Waals surface area (Å²) in [6.45, 7) is 0.378. The highest BCUT2D eigenvalue weighted by atomic mass is 19.1. The Morgan fingerprint density at radius 1 is 1.03 bits per heavy atom. The summed E-state index contributed by atoms with van der Waals surface area (Å²) in [6.07, 6.45) is 1.38. The molecule has 0 radical (unpaired) electrons. The maximum absolute atomic E-state index is 13.3. The predicted molar refractivity (Wildman–Crippen MR) is 119 cm³/mol. The van der Waals surface area contributed by atoms with Crippen molar-refractivity contribution in [2.24, 2.45) is 11.0 Å². The molecule has 0 bridgehead atoms. The number of carbonyl (C=O) groups is 3. The Labute approximate surface area is 189 Å². The third-order valence-electron chi connectivity index (χ3n) is 5.21. The minimum atomic E-state index is -0.886. The van der Waals surface area contributed by atoms with Crippen molar-refractivity contribution >= 4 is 24.0 Å². The second-order valence-corrected chi connectivity index (χ2v) is 7.45. The summed E-state index contributed by atoms with van der Waals surface area (Å²) in [5.41, 5.74) is 3.95. The van der Waals surface area contributed by atoms with Crippen LogP contribution in [0, 0.1) is 11.7 Å². The van der Waals surface area contributed by atoms with Gasteiger partial charge in [-0.05, 0) is 41.5 Å². The van der Waals surface area contributed by atoms with Crippen LogP contribution in [0.5, 0.6) is 5.75 Å². The highest BCUT2D eigenvalue weighted by Gasteiger charge is 2.40. The lowest BCUT2D eigenvalue weighted by Crippen LogP contribution is -2.34. The first-order valence-electron chi connectivity index (χ1n) is 10.2. The van der Waals surface area contributed by atoms with Gasteiger partial charge in [0.25, 0.3) is 5.91 Å².